The van der Waals surface area contributed by atoms with Crippen molar-refractivity contribution in [3.8, 4) is 5.88 Å². The maximum absolute atomic E-state index is 5.61. The van der Waals surface area contributed by atoms with Gasteiger partial charge in [-0.2, -0.15) is 0 Å². The first kappa shape index (κ1) is 15.9. The molecule has 0 amide bonds. The van der Waals surface area contributed by atoms with E-state index in [1.807, 2.05) is 13.8 Å². The van der Waals surface area contributed by atoms with Crippen LogP contribution >= 0.6 is 0 Å². The molecular weight excluding hydrogens is 242 g/mol. The second-order valence-corrected chi connectivity index (χ2v) is 5.09. The lowest BCUT2D eigenvalue weighted by Crippen LogP contribution is -2.25. The van der Waals surface area contributed by atoms with E-state index in [1.165, 1.54) is 0 Å². The third-order valence-corrected chi connectivity index (χ3v) is 2.90. The summed E-state index contributed by atoms with van der Waals surface area (Å²) in [6.45, 7) is 8.48. The van der Waals surface area contributed by atoms with Gasteiger partial charge in [0.15, 0.2) is 0 Å². The largest absolute Gasteiger partial charge is 0.476 e. The minimum atomic E-state index is -0.173. The number of rotatable bonds is 9. The van der Waals surface area contributed by atoms with Crippen LogP contribution in [-0.2, 0) is 11.3 Å². The fraction of sp³-hybridized carbons (Fsp3) is 0.714. The van der Waals surface area contributed by atoms with Crippen molar-refractivity contribution in [3.63, 3.8) is 0 Å². The molecule has 5 heteroatoms. The van der Waals surface area contributed by atoms with E-state index in [9.17, 15) is 0 Å². The molecule has 0 aliphatic carbocycles. The third-order valence-electron chi connectivity index (χ3n) is 2.90. The van der Waals surface area contributed by atoms with Crippen LogP contribution in [0.25, 0.3) is 0 Å². The van der Waals surface area contributed by atoms with Crippen LogP contribution in [0.5, 0.6) is 5.88 Å². The Hall–Kier alpha value is -1.20. The molecule has 1 heterocycles. The quantitative estimate of drug-likeness (QED) is 0.695. The van der Waals surface area contributed by atoms with Gasteiger partial charge >= 0.3 is 0 Å². The molecule has 1 aromatic rings. The summed E-state index contributed by atoms with van der Waals surface area (Å²) in [7, 11) is 1.71. The topological polar surface area (TPSA) is 56.3 Å². The van der Waals surface area contributed by atoms with Crippen LogP contribution in [0.4, 0.5) is 0 Å². The summed E-state index contributed by atoms with van der Waals surface area (Å²) in [5.41, 5.74) is 0.727. The van der Waals surface area contributed by atoms with Gasteiger partial charge in [0, 0.05) is 26.3 Å². The summed E-state index contributed by atoms with van der Waals surface area (Å²) in [5, 5.41) is 3.29. The molecule has 1 N–H and O–H groups in total. The van der Waals surface area contributed by atoms with Gasteiger partial charge in [0.25, 0.3) is 0 Å². The molecule has 0 aliphatic rings. The lowest BCUT2D eigenvalue weighted by atomic mass is 10.1. The van der Waals surface area contributed by atoms with Crippen LogP contribution < -0.4 is 10.1 Å². The summed E-state index contributed by atoms with van der Waals surface area (Å²) in [6, 6.07) is 0. The molecule has 0 saturated heterocycles. The molecule has 19 heavy (non-hydrogen) atoms. The first-order valence-corrected chi connectivity index (χ1v) is 6.77. The lowest BCUT2D eigenvalue weighted by Gasteiger charge is -2.22. The molecule has 1 rings (SSSR count). The second-order valence-electron chi connectivity index (χ2n) is 5.09. The zero-order valence-electron chi connectivity index (χ0n) is 12.4. The van der Waals surface area contributed by atoms with E-state index in [1.54, 1.807) is 19.5 Å². The predicted molar refractivity (Wildman–Crippen MR) is 75.2 cm³/mol. The Morgan fingerprint density at radius 2 is 2.11 bits per heavy atom. The zero-order valence-corrected chi connectivity index (χ0v) is 12.4. The summed E-state index contributed by atoms with van der Waals surface area (Å²) < 4.78 is 10.9. The molecule has 0 fully saturated rings. The molecule has 1 aromatic heterocycles. The highest BCUT2D eigenvalue weighted by Crippen LogP contribution is 2.14. The van der Waals surface area contributed by atoms with Gasteiger partial charge in [-0.1, -0.05) is 6.92 Å². The summed E-state index contributed by atoms with van der Waals surface area (Å²) >= 11 is 0. The molecule has 108 valence electrons. The van der Waals surface area contributed by atoms with E-state index >= 15 is 0 Å². The first-order chi connectivity index (χ1) is 9.07. The maximum atomic E-state index is 5.61. The Bertz CT molecular complexity index is 369. The van der Waals surface area contributed by atoms with Gasteiger partial charge in [-0.05, 0) is 26.8 Å². The van der Waals surface area contributed by atoms with Crippen LogP contribution in [0.1, 0.15) is 39.3 Å². The van der Waals surface area contributed by atoms with Crippen molar-refractivity contribution in [2.45, 2.75) is 45.8 Å². The van der Waals surface area contributed by atoms with Crippen molar-refractivity contribution in [1.29, 1.82) is 0 Å². The number of methoxy groups -OCH3 is 1. The number of nitrogens with zero attached hydrogens (tertiary/aromatic N) is 2. The van der Waals surface area contributed by atoms with Gasteiger partial charge in [0.2, 0.25) is 5.88 Å². The molecule has 0 spiro atoms. The molecule has 0 bridgehead atoms. The molecule has 0 atom stereocenters. The number of hydrogen-bond donors (Lipinski definition) is 1. The minimum absolute atomic E-state index is 0.173. The number of nitrogens with one attached hydrogen (secondary N) is 1. The average molecular weight is 267 g/mol. The Balaban J connectivity index is 2.39. The van der Waals surface area contributed by atoms with Gasteiger partial charge in [-0.3, -0.25) is 4.98 Å². The van der Waals surface area contributed by atoms with E-state index < -0.39 is 0 Å². The van der Waals surface area contributed by atoms with Crippen LogP contribution in [0.2, 0.25) is 0 Å². The normalized spacial score (nSPS) is 11.6. The molecular formula is C14H25N3O2. The number of ether oxygens (including phenoxy) is 2. The van der Waals surface area contributed by atoms with Gasteiger partial charge in [-0.15, -0.1) is 0 Å². The third kappa shape index (κ3) is 6.50. The maximum Gasteiger partial charge on any atom is 0.232 e. The second kappa shape index (κ2) is 8.07. The first-order valence-electron chi connectivity index (χ1n) is 6.77. The van der Waals surface area contributed by atoms with Gasteiger partial charge in [0.05, 0.1) is 24.1 Å². The summed E-state index contributed by atoms with van der Waals surface area (Å²) in [5.74, 6) is 0.572. The monoisotopic (exact) mass is 267 g/mol. The molecule has 0 unspecified atom stereocenters. The van der Waals surface area contributed by atoms with E-state index in [0.29, 0.717) is 12.5 Å². The number of aromatic nitrogens is 2. The van der Waals surface area contributed by atoms with E-state index in [2.05, 4.69) is 22.2 Å². The molecule has 0 radical (unpaired) electrons. The molecule has 0 aliphatic heterocycles. The van der Waals surface area contributed by atoms with E-state index in [0.717, 1.165) is 31.6 Å². The Morgan fingerprint density at radius 3 is 2.79 bits per heavy atom. The Kier molecular flexibility index (Phi) is 6.73. The smallest absolute Gasteiger partial charge is 0.232 e. The number of hydrogen-bond acceptors (Lipinski definition) is 5. The lowest BCUT2D eigenvalue weighted by molar-refractivity contribution is 0.00503. The van der Waals surface area contributed by atoms with Crippen molar-refractivity contribution in [3.05, 3.63) is 18.1 Å². The van der Waals surface area contributed by atoms with E-state index in [-0.39, 0.29) is 5.60 Å². The van der Waals surface area contributed by atoms with Crippen LogP contribution in [0.3, 0.4) is 0 Å². The van der Waals surface area contributed by atoms with Crippen LogP contribution in [0, 0.1) is 0 Å². The minimum Gasteiger partial charge on any atom is -0.476 e. The average Bonchev–Trinajstić information content (AvgIpc) is 2.39. The van der Waals surface area contributed by atoms with Crippen LogP contribution in [-0.4, -0.2) is 35.8 Å². The molecule has 0 aromatic carbocycles. The summed E-state index contributed by atoms with van der Waals surface area (Å²) in [4.78, 5) is 8.54. The fourth-order valence-electron chi connectivity index (χ4n) is 1.44. The van der Waals surface area contributed by atoms with Gasteiger partial charge in [0.1, 0.15) is 0 Å². The van der Waals surface area contributed by atoms with Gasteiger partial charge in [-0.25, -0.2) is 4.98 Å². The van der Waals surface area contributed by atoms with Crippen LogP contribution in [0.15, 0.2) is 12.4 Å². The van der Waals surface area contributed by atoms with E-state index in [4.69, 9.17) is 9.47 Å². The fourth-order valence-corrected chi connectivity index (χ4v) is 1.44. The SMILES string of the molecule is CCCNCc1cncc(OCCC(C)(C)OC)n1. The highest BCUT2D eigenvalue weighted by atomic mass is 16.5. The van der Waals surface area contributed by atoms with Gasteiger partial charge < -0.3 is 14.8 Å². The Labute approximate surface area is 115 Å². The zero-order chi connectivity index (χ0) is 14.1. The predicted octanol–water partition coefficient (Wildman–Crippen LogP) is 2.17. The molecule has 0 saturated carbocycles. The summed E-state index contributed by atoms with van der Waals surface area (Å²) in [6.07, 6.45) is 5.32. The van der Waals surface area contributed by atoms with Crippen molar-refractivity contribution < 1.29 is 9.47 Å². The van der Waals surface area contributed by atoms with Crippen molar-refractivity contribution in [1.82, 2.24) is 15.3 Å². The standard InChI is InChI=1S/C14H25N3O2/c1-5-7-15-9-12-10-16-11-13(17-12)19-8-6-14(2,3)18-4/h10-11,15H,5-9H2,1-4H3. The van der Waals surface area contributed by atoms with Crippen molar-refractivity contribution in [2.75, 3.05) is 20.3 Å². The van der Waals surface area contributed by atoms with Crippen molar-refractivity contribution in [2.24, 2.45) is 0 Å². The highest BCUT2D eigenvalue weighted by Gasteiger charge is 2.16. The van der Waals surface area contributed by atoms with Crippen molar-refractivity contribution >= 4 is 0 Å². The Morgan fingerprint density at radius 1 is 1.32 bits per heavy atom. The highest BCUT2D eigenvalue weighted by molar-refractivity contribution is 5.08. The molecule has 5 nitrogen and oxygen atoms in total.